The van der Waals surface area contributed by atoms with E-state index in [-0.39, 0.29) is 36.6 Å². The quantitative estimate of drug-likeness (QED) is 0.655. The number of carbonyl (C=O) groups excluding carboxylic acids is 1. The van der Waals surface area contributed by atoms with Crippen LogP contribution in [0.25, 0.3) is 16.6 Å². The molecule has 0 fully saturated rings. The fourth-order valence-electron chi connectivity index (χ4n) is 2.78. The van der Waals surface area contributed by atoms with Crippen molar-refractivity contribution in [3.05, 3.63) is 47.9 Å². The summed E-state index contributed by atoms with van der Waals surface area (Å²) >= 11 is 0. The van der Waals surface area contributed by atoms with Crippen LogP contribution in [-0.4, -0.2) is 38.0 Å². The highest BCUT2D eigenvalue weighted by molar-refractivity contribution is 5.94. The van der Waals surface area contributed by atoms with Gasteiger partial charge in [-0.05, 0) is 31.9 Å². The zero-order valence-electron chi connectivity index (χ0n) is 16.3. The number of nitrogens with one attached hydrogen (secondary N) is 1. The molecule has 0 saturated heterocycles. The summed E-state index contributed by atoms with van der Waals surface area (Å²) in [5.41, 5.74) is 7.91. The number of para-hydroxylation sites is 1. The van der Waals surface area contributed by atoms with E-state index >= 15 is 0 Å². The van der Waals surface area contributed by atoms with Gasteiger partial charge in [0.25, 0.3) is 5.91 Å². The Hall–Kier alpha value is -2.22. The number of rotatable bonds is 5. The van der Waals surface area contributed by atoms with Gasteiger partial charge in [-0.1, -0.05) is 37.3 Å². The van der Waals surface area contributed by atoms with Crippen molar-refractivity contribution >= 4 is 41.6 Å². The third-order valence-corrected chi connectivity index (χ3v) is 5.05. The van der Waals surface area contributed by atoms with Gasteiger partial charge in [0.1, 0.15) is 0 Å². The summed E-state index contributed by atoms with van der Waals surface area (Å²) < 4.78 is 1.65. The van der Waals surface area contributed by atoms with E-state index in [9.17, 15) is 4.79 Å². The SMILES string of the molecule is Cc1c(C(=O)NC(C)(CN)C(C)C)nnn1-c1cccc2cccnc12.Cl.Cl. The molecule has 1 aromatic carbocycles. The van der Waals surface area contributed by atoms with E-state index in [1.54, 1.807) is 10.9 Å². The minimum atomic E-state index is -0.506. The fourth-order valence-corrected chi connectivity index (χ4v) is 2.78. The Balaban J connectivity index is 0.00000196. The van der Waals surface area contributed by atoms with Crippen LogP contribution in [0.4, 0.5) is 0 Å². The second kappa shape index (κ2) is 9.32. The van der Waals surface area contributed by atoms with Crippen molar-refractivity contribution in [3.8, 4) is 5.69 Å². The maximum absolute atomic E-state index is 12.8. The summed E-state index contributed by atoms with van der Waals surface area (Å²) in [6.07, 6.45) is 1.74. The van der Waals surface area contributed by atoms with Crippen LogP contribution in [0.5, 0.6) is 0 Å². The summed E-state index contributed by atoms with van der Waals surface area (Å²) in [5.74, 6) is -0.0855. The van der Waals surface area contributed by atoms with Crippen LogP contribution >= 0.6 is 24.8 Å². The van der Waals surface area contributed by atoms with Crippen molar-refractivity contribution in [1.29, 1.82) is 0 Å². The molecule has 0 spiro atoms. The summed E-state index contributed by atoms with van der Waals surface area (Å²) in [4.78, 5) is 17.2. The van der Waals surface area contributed by atoms with Crippen LogP contribution in [0.15, 0.2) is 36.5 Å². The minimum absolute atomic E-state index is 0. The highest BCUT2D eigenvalue weighted by Crippen LogP contribution is 2.22. The zero-order valence-corrected chi connectivity index (χ0v) is 18.0. The Morgan fingerprint density at radius 2 is 1.93 bits per heavy atom. The van der Waals surface area contributed by atoms with Gasteiger partial charge in [-0.2, -0.15) is 0 Å². The third-order valence-electron chi connectivity index (χ3n) is 5.05. The first-order valence-corrected chi connectivity index (χ1v) is 8.66. The van der Waals surface area contributed by atoms with Gasteiger partial charge in [0.15, 0.2) is 5.69 Å². The first-order chi connectivity index (χ1) is 12.4. The third kappa shape index (κ3) is 4.27. The van der Waals surface area contributed by atoms with Gasteiger partial charge >= 0.3 is 0 Å². The molecule has 0 aliphatic carbocycles. The molecule has 3 aromatic rings. The molecular formula is C19H26Cl2N6O. The molecule has 2 heterocycles. The molecule has 2 aromatic heterocycles. The van der Waals surface area contributed by atoms with E-state index in [4.69, 9.17) is 5.73 Å². The summed E-state index contributed by atoms with van der Waals surface area (Å²) in [6.45, 7) is 8.16. The number of aromatic nitrogens is 4. The van der Waals surface area contributed by atoms with Crippen molar-refractivity contribution in [1.82, 2.24) is 25.3 Å². The van der Waals surface area contributed by atoms with Gasteiger partial charge in [-0.3, -0.25) is 9.78 Å². The summed E-state index contributed by atoms with van der Waals surface area (Å²) in [6, 6.07) is 9.71. The van der Waals surface area contributed by atoms with Crippen LogP contribution in [-0.2, 0) is 0 Å². The fraction of sp³-hybridized carbons (Fsp3) is 0.368. The Bertz CT molecular complexity index is 953. The predicted molar refractivity (Wildman–Crippen MR) is 116 cm³/mol. The Labute approximate surface area is 176 Å². The monoisotopic (exact) mass is 424 g/mol. The number of nitrogens with zero attached hydrogens (tertiary/aromatic N) is 4. The molecular weight excluding hydrogens is 399 g/mol. The summed E-state index contributed by atoms with van der Waals surface area (Å²) in [7, 11) is 0. The Morgan fingerprint density at radius 3 is 2.57 bits per heavy atom. The van der Waals surface area contributed by atoms with Gasteiger partial charge in [0.05, 0.1) is 22.4 Å². The van der Waals surface area contributed by atoms with E-state index < -0.39 is 5.54 Å². The van der Waals surface area contributed by atoms with Crippen LogP contribution < -0.4 is 11.1 Å². The van der Waals surface area contributed by atoms with Crippen LogP contribution in [0.1, 0.15) is 37.0 Å². The van der Waals surface area contributed by atoms with Crippen LogP contribution in [0, 0.1) is 12.8 Å². The largest absolute Gasteiger partial charge is 0.344 e. The lowest BCUT2D eigenvalue weighted by atomic mass is 9.88. The van der Waals surface area contributed by atoms with Gasteiger partial charge in [0, 0.05) is 18.1 Å². The molecule has 1 atom stereocenters. The average Bonchev–Trinajstić information content (AvgIpc) is 3.02. The highest BCUT2D eigenvalue weighted by atomic mass is 35.5. The number of pyridine rings is 1. The lowest BCUT2D eigenvalue weighted by Gasteiger charge is -2.33. The molecule has 0 radical (unpaired) electrons. The number of carbonyl (C=O) groups is 1. The van der Waals surface area contributed by atoms with Crippen LogP contribution in [0.3, 0.4) is 0 Å². The minimum Gasteiger partial charge on any atom is -0.344 e. The van der Waals surface area contributed by atoms with Gasteiger partial charge in [-0.15, -0.1) is 29.9 Å². The molecule has 152 valence electrons. The molecule has 0 saturated carbocycles. The van der Waals surface area contributed by atoms with Crippen molar-refractivity contribution in [2.75, 3.05) is 6.54 Å². The van der Waals surface area contributed by atoms with Gasteiger partial charge in [0.2, 0.25) is 0 Å². The van der Waals surface area contributed by atoms with E-state index in [0.717, 1.165) is 16.6 Å². The molecule has 1 unspecified atom stereocenters. The smallest absolute Gasteiger partial charge is 0.274 e. The first-order valence-electron chi connectivity index (χ1n) is 8.66. The lowest BCUT2D eigenvalue weighted by Crippen LogP contribution is -2.55. The average molecular weight is 425 g/mol. The molecule has 3 rings (SSSR count). The number of hydrogen-bond acceptors (Lipinski definition) is 5. The van der Waals surface area contributed by atoms with E-state index in [0.29, 0.717) is 17.9 Å². The molecule has 3 N–H and O–H groups in total. The van der Waals surface area contributed by atoms with E-state index in [1.807, 2.05) is 58.0 Å². The maximum Gasteiger partial charge on any atom is 0.274 e. The van der Waals surface area contributed by atoms with Crippen molar-refractivity contribution in [3.63, 3.8) is 0 Å². The predicted octanol–water partition coefficient (Wildman–Crippen LogP) is 3.07. The topological polar surface area (TPSA) is 98.7 Å². The highest BCUT2D eigenvalue weighted by Gasteiger charge is 2.31. The second-order valence-electron chi connectivity index (χ2n) is 7.02. The van der Waals surface area contributed by atoms with Crippen molar-refractivity contribution in [2.45, 2.75) is 33.2 Å². The number of amides is 1. The standard InChI is InChI=1S/C19H24N6O.2ClH/c1-12(2)19(4,11-20)22-18(26)16-13(3)25(24-23-16)15-9-5-7-14-8-6-10-21-17(14)15;;/h5-10,12H,11,20H2,1-4H3,(H,22,26);2*1H. The number of nitrogens with two attached hydrogens (primary N) is 1. The first kappa shape index (κ1) is 23.8. The Morgan fingerprint density at radius 1 is 1.25 bits per heavy atom. The molecule has 0 aliphatic rings. The second-order valence-corrected chi connectivity index (χ2v) is 7.02. The molecule has 7 nitrogen and oxygen atoms in total. The number of benzene rings is 1. The normalized spacial score (nSPS) is 12.8. The molecule has 0 bridgehead atoms. The van der Waals surface area contributed by atoms with Gasteiger partial charge in [-0.25, -0.2) is 4.68 Å². The van der Waals surface area contributed by atoms with E-state index in [1.165, 1.54) is 0 Å². The molecule has 0 aliphatic heterocycles. The molecule has 28 heavy (non-hydrogen) atoms. The lowest BCUT2D eigenvalue weighted by molar-refractivity contribution is 0.0877. The van der Waals surface area contributed by atoms with Gasteiger partial charge < -0.3 is 11.1 Å². The molecule has 9 heteroatoms. The summed E-state index contributed by atoms with van der Waals surface area (Å²) in [5, 5.41) is 12.3. The van der Waals surface area contributed by atoms with Crippen molar-refractivity contribution < 1.29 is 4.79 Å². The van der Waals surface area contributed by atoms with Crippen LogP contribution in [0.2, 0.25) is 0 Å². The molecule has 1 amide bonds. The van der Waals surface area contributed by atoms with Crippen molar-refractivity contribution in [2.24, 2.45) is 11.7 Å². The number of fused-ring (bicyclic) bond motifs is 1. The number of hydrogen-bond donors (Lipinski definition) is 2. The maximum atomic E-state index is 12.8. The zero-order chi connectivity index (χ0) is 18.9. The number of halogens is 2. The Kier molecular flexibility index (Phi) is 7.93. The van der Waals surface area contributed by atoms with E-state index in [2.05, 4.69) is 20.6 Å².